The van der Waals surface area contributed by atoms with Crippen LogP contribution in [-0.2, 0) is 16.1 Å². The van der Waals surface area contributed by atoms with Crippen LogP contribution in [0.3, 0.4) is 0 Å². The molecule has 0 fully saturated rings. The standard InChI is InChI=1S/C17H25ClN2O2/c1-4-5-11-19(3)17(22)10-12-20(14(2)21)13-15-8-6-7-9-16(15)18/h6-9H,4-5,10-13H2,1-3H3. The van der Waals surface area contributed by atoms with Crippen LogP contribution in [-0.4, -0.2) is 41.8 Å². The van der Waals surface area contributed by atoms with Crippen molar-refractivity contribution in [2.24, 2.45) is 0 Å². The topological polar surface area (TPSA) is 40.6 Å². The third-order valence-electron chi connectivity index (χ3n) is 3.63. The summed E-state index contributed by atoms with van der Waals surface area (Å²) >= 11 is 6.13. The molecule has 0 bridgehead atoms. The van der Waals surface area contributed by atoms with E-state index < -0.39 is 0 Å². The highest BCUT2D eigenvalue weighted by atomic mass is 35.5. The second kappa shape index (κ2) is 9.46. The summed E-state index contributed by atoms with van der Waals surface area (Å²) in [6.45, 7) is 5.22. The summed E-state index contributed by atoms with van der Waals surface area (Å²) in [5.74, 6) is 0.0165. The van der Waals surface area contributed by atoms with Crippen molar-refractivity contribution in [3.05, 3.63) is 34.9 Å². The molecule has 0 unspecified atom stereocenters. The van der Waals surface area contributed by atoms with E-state index in [9.17, 15) is 9.59 Å². The summed E-state index contributed by atoms with van der Waals surface area (Å²) in [6.07, 6.45) is 2.40. The van der Waals surface area contributed by atoms with Gasteiger partial charge in [0.25, 0.3) is 0 Å². The second-order valence-electron chi connectivity index (χ2n) is 5.45. The second-order valence-corrected chi connectivity index (χ2v) is 5.86. The van der Waals surface area contributed by atoms with Gasteiger partial charge in [0.05, 0.1) is 0 Å². The van der Waals surface area contributed by atoms with E-state index in [1.165, 1.54) is 6.92 Å². The normalized spacial score (nSPS) is 10.4. The molecule has 4 nitrogen and oxygen atoms in total. The number of hydrogen-bond acceptors (Lipinski definition) is 2. The number of nitrogens with zero attached hydrogens (tertiary/aromatic N) is 2. The smallest absolute Gasteiger partial charge is 0.224 e. The zero-order valence-electron chi connectivity index (χ0n) is 13.6. The van der Waals surface area contributed by atoms with Crippen LogP contribution >= 0.6 is 11.6 Å². The molecular weight excluding hydrogens is 300 g/mol. The fourth-order valence-corrected chi connectivity index (χ4v) is 2.32. The van der Waals surface area contributed by atoms with Crippen LogP contribution in [0.4, 0.5) is 0 Å². The average Bonchev–Trinajstić information content (AvgIpc) is 2.50. The van der Waals surface area contributed by atoms with Gasteiger partial charge in [0.15, 0.2) is 0 Å². The Hall–Kier alpha value is -1.55. The highest BCUT2D eigenvalue weighted by molar-refractivity contribution is 6.31. The number of halogens is 1. The SMILES string of the molecule is CCCCN(C)C(=O)CCN(Cc1ccccc1Cl)C(C)=O. The van der Waals surface area contributed by atoms with E-state index in [2.05, 4.69) is 6.92 Å². The van der Waals surface area contributed by atoms with Crippen LogP contribution in [0.5, 0.6) is 0 Å². The molecule has 0 N–H and O–H groups in total. The van der Waals surface area contributed by atoms with E-state index in [0.717, 1.165) is 24.9 Å². The summed E-state index contributed by atoms with van der Waals surface area (Å²) in [7, 11) is 1.81. The molecular formula is C17H25ClN2O2. The molecule has 2 amide bonds. The highest BCUT2D eigenvalue weighted by Gasteiger charge is 2.15. The first-order valence-electron chi connectivity index (χ1n) is 7.68. The van der Waals surface area contributed by atoms with Gasteiger partial charge in [-0.25, -0.2) is 0 Å². The minimum Gasteiger partial charge on any atom is -0.346 e. The van der Waals surface area contributed by atoms with Crippen molar-refractivity contribution in [1.29, 1.82) is 0 Å². The molecule has 122 valence electrons. The lowest BCUT2D eigenvalue weighted by atomic mass is 10.2. The largest absolute Gasteiger partial charge is 0.346 e. The third kappa shape index (κ3) is 6.06. The van der Waals surface area contributed by atoms with Crippen molar-refractivity contribution >= 4 is 23.4 Å². The third-order valence-corrected chi connectivity index (χ3v) is 4.00. The van der Waals surface area contributed by atoms with Gasteiger partial charge < -0.3 is 9.80 Å². The van der Waals surface area contributed by atoms with Gasteiger partial charge in [-0.3, -0.25) is 9.59 Å². The molecule has 1 aromatic rings. The fourth-order valence-electron chi connectivity index (χ4n) is 2.12. The maximum Gasteiger partial charge on any atom is 0.224 e. The molecule has 5 heteroatoms. The van der Waals surface area contributed by atoms with E-state index in [1.807, 2.05) is 25.2 Å². The van der Waals surface area contributed by atoms with Crippen molar-refractivity contribution in [3.63, 3.8) is 0 Å². The molecule has 0 saturated carbocycles. The zero-order valence-corrected chi connectivity index (χ0v) is 14.4. The summed E-state index contributed by atoms with van der Waals surface area (Å²) in [4.78, 5) is 27.2. The lowest BCUT2D eigenvalue weighted by Crippen LogP contribution is -2.34. The van der Waals surface area contributed by atoms with Crippen LogP contribution in [0.2, 0.25) is 5.02 Å². The molecule has 0 aliphatic carbocycles. The van der Waals surface area contributed by atoms with Crippen molar-refractivity contribution in [3.8, 4) is 0 Å². The number of hydrogen-bond donors (Lipinski definition) is 0. The number of amides is 2. The number of rotatable bonds is 8. The van der Waals surface area contributed by atoms with Gasteiger partial charge in [-0.1, -0.05) is 43.1 Å². The van der Waals surface area contributed by atoms with Crippen molar-refractivity contribution in [1.82, 2.24) is 9.80 Å². The molecule has 0 aliphatic heterocycles. The fraction of sp³-hybridized carbons (Fsp3) is 0.529. The number of benzene rings is 1. The number of carbonyl (C=O) groups is 2. The highest BCUT2D eigenvalue weighted by Crippen LogP contribution is 2.17. The van der Waals surface area contributed by atoms with E-state index in [-0.39, 0.29) is 11.8 Å². The number of carbonyl (C=O) groups excluding carboxylic acids is 2. The summed E-state index contributed by atoms with van der Waals surface area (Å²) in [5, 5.41) is 0.639. The lowest BCUT2D eigenvalue weighted by Gasteiger charge is -2.23. The molecule has 0 heterocycles. The molecule has 1 rings (SSSR count). The van der Waals surface area contributed by atoms with Gasteiger partial charge in [0, 0.05) is 45.0 Å². The molecule has 0 atom stereocenters. The van der Waals surface area contributed by atoms with E-state index in [1.54, 1.807) is 15.9 Å². The van der Waals surface area contributed by atoms with E-state index in [0.29, 0.717) is 24.5 Å². The Morgan fingerprint density at radius 2 is 1.86 bits per heavy atom. The van der Waals surface area contributed by atoms with Gasteiger partial charge in [0.2, 0.25) is 11.8 Å². The quantitative estimate of drug-likeness (QED) is 0.736. The molecule has 0 aromatic heterocycles. The Labute approximate surface area is 138 Å². The predicted molar refractivity (Wildman–Crippen MR) is 89.7 cm³/mol. The first kappa shape index (κ1) is 18.5. The van der Waals surface area contributed by atoms with Crippen molar-refractivity contribution in [2.75, 3.05) is 20.1 Å². The van der Waals surface area contributed by atoms with E-state index >= 15 is 0 Å². The summed E-state index contributed by atoms with van der Waals surface area (Å²) in [6, 6.07) is 7.45. The zero-order chi connectivity index (χ0) is 16.5. The maximum absolute atomic E-state index is 12.1. The van der Waals surface area contributed by atoms with Crippen LogP contribution in [0.15, 0.2) is 24.3 Å². The Bertz CT molecular complexity index is 505. The molecule has 1 aromatic carbocycles. The Morgan fingerprint density at radius 3 is 2.45 bits per heavy atom. The Kier molecular flexibility index (Phi) is 7.96. The van der Waals surface area contributed by atoms with Crippen LogP contribution in [0.1, 0.15) is 38.7 Å². The minimum absolute atomic E-state index is 0.0519. The first-order valence-corrected chi connectivity index (χ1v) is 8.06. The van der Waals surface area contributed by atoms with Gasteiger partial charge in [-0.15, -0.1) is 0 Å². The van der Waals surface area contributed by atoms with Crippen LogP contribution in [0.25, 0.3) is 0 Å². The monoisotopic (exact) mass is 324 g/mol. The Morgan fingerprint density at radius 1 is 1.18 bits per heavy atom. The van der Waals surface area contributed by atoms with Gasteiger partial charge in [-0.2, -0.15) is 0 Å². The van der Waals surface area contributed by atoms with Crippen LogP contribution in [0, 0.1) is 0 Å². The molecule has 0 aliphatic rings. The molecule has 0 radical (unpaired) electrons. The maximum atomic E-state index is 12.1. The lowest BCUT2D eigenvalue weighted by molar-refractivity contribution is -0.133. The average molecular weight is 325 g/mol. The van der Waals surface area contributed by atoms with Crippen molar-refractivity contribution < 1.29 is 9.59 Å². The molecule has 0 saturated heterocycles. The minimum atomic E-state index is -0.0519. The van der Waals surface area contributed by atoms with Gasteiger partial charge in [-0.05, 0) is 18.1 Å². The van der Waals surface area contributed by atoms with Crippen LogP contribution < -0.4 is 0 Å². The van der Waals surface area contributed by atoms with E-state index in [4.69, 9.17) is 11.6 Å². The first-order chi connectivity index (χ1) is 10.5. The molecule has 22 heavy (non-hydrogen) atoms. The predicted octanol–water partition coefficient (Wildman–Crippen LogP) is 3.34. The van der Waals surface area contributed by atoms with Gasteiger partial charge >= 0.3 is 0 Å². The van der Waals surface area contributed by atoms with Crippen molar-refractivity contribution in [2.45, 2.75) is 39.7 Å². The molecule has 0 spiro atoms. The van der Waals surface area contributed by atoms with Gasteiger partial charge in [0.1, 0.15) is 0 Å². The Balaban J connectivity index is 2.57. The number of unbranched alkanes of at least 4 members (excludes halogenated alkanes) is 1. The summed E-state index contributed by atoms with van der Waals surface area (Å²) < 4.78 is 0. The summed E-state index contributed by atoms with van der Waals surface area (Å²) in [5.41, 5.74) is 0.895.